The van der Waals surface area contributed by atoms with Gasteiger partial charge in [-0.2, -0.15) is 0 Å². The van der Waals surface area contributed by atoms with Crippen molar-refractivity contribution >= 4 is 23.2 Å². The lowest BCUT2D eigenvalue weighted by Crippen LogP contribution is -2.56. The largest absolute Gasteiger partial charge is 0.480 e. The molecule has 0 radical (unpaired) electrons. The van der Waals surface area contributed by atoms with Crippen LogP contribution in [0, 0.1) is 5.82 Å². The summed E-state index contributed by atoms with van der Waals surface area (Å²) in [5, 5.41) is 14.9. The summed E-state index contributed by atoms with van der Waals surface area (Å²) in [7, 11) is 0. The van der Waals surface area contributed by atoms with Gasteiger partial charge < -0.3 is 10.4 Å². The van der Waals surface area contributed by atoms with E-state index in [4.69, 9.17) is 0 Å². The van der Waals surface area contributed by atoms with Gasteiger partial charge in [-0.05, 0) is 30.5 Å². The van der Waals surface area contributed by atoms with Crippen molar-refractivity contribution in [3.8, 4) is 0 Å². The zero-order valence-corrected chi connectivity index (χ0v) is 15.2. The van der Waals surface area contributed by atoms with Gasteiger partial charge in [0.1, 0.15) is 11.4 Å². The topological polar surface area (TPSA) is 79.3 Å². The third-order valence-corrected chi connectivity index (χ3v) is 5.60. The first kappa shape index (κ1) is 18.5. The number of hydrogen-bond donors (Lipinski definition) is 2. The van der Waals surface area contributed by atoms with E-state index in [1.165, 1.54) is 23.5 Å². The molecular weight excluding hydrogens is 355 g/mol. The normalized spacial score (nSPS) is 16.2. The molecule has 2 aromatic rings. The lowest BCUT2D eigenvalue weighted by molar-refractivity contribution is -0.149. The molecular formula is C19H21FN2O3S. The van der Waals surface area contributed by atoms with Crippen molar-refractivity contribution in [2.45, 2.75) is 50.5 Å². The first-order valence-electron chi connectivity index (χ1n) is 8.69. The number of carboxylic acid groups (broad SMARTS) is 1. The fraction of sp³-hybridized carbons (Fsp3) is 0.421. The summed E-state index contributed by atoms with van der Waals surface area (Å²) in [6, 6.07) is 6.24. The smallest absolute Gasteiger partial charge is 0.329 e. The minimum Gasteiger partial charge on any atom is -0.480 e. The maximum atomic E-state index is 13.0. The lowest BCUT2D eigenvalue weighted by atomic mass is 9.81. The van der Waals surface area contributed by atoms with Gasteiger partial charge >= 0.3 is 5.97 Å². The van der Waals surface area contributed by atoms with Crippen LogP contribution >= 0.6 is 11.3 Å². The number of halogens is 1. The highest BCUT2D eigenvalue weighted by Gasteiger charge is 2.40. The summed E-state index contributed by atoms with van der Waals surface area (Å²) in [5.41, 5.74) is 0.437. The van der Waals surface area contributed by atoms with Crippen molar-refractivity contribution in [3.05, 3.63) is 51.7 Å². The number of aromatic nitrogens is 1. The summed E-state index contributed by atoms with van der Waals surface area (Å²) >= 11 is 1.44. The van der Waals surface area contributed by atoms with Crippen molar-refractivity contribution in [3.63, 3.8) is 0 Å². The molecule has 1 aromatic heterocycles. The molecule has 1 fully saturated rings. The predicted molar refractivity (Wildman–Crippen MR) is 96.6 cm³/mol. The molecule has 26 heavy (non-hydrogen) atoms. The first-order valence-corrected chi connectivity index (χ1v) is 9.57. The Morgan fingerprint density at radius 1 is 1.19 bits per heavy atom. The number of carbonyl (C=O) groups excluding carboxylic acids is 1. The molecule has 0 bridgehead atoms. The maximum absolute atomic E-state index is 13.0. The average Bonchev–Trinajstić information content (AvgIpc) is 3.04. The van der Waals surface area contributed by atoms with Gasteiger partial charge in [0.05, 0.1) is 17.1 Å². The van der Waals surface area contributed by atoms with Gasteiger partial charge in [0.15, 0.2) is 0 Å². The van der Waals surface area contributed by atoms with Gasteiger partial charge in [0, 0.05) is 11.8 Å². The van der Waals surface area contributed by atoms with E-state index in [0.29, 0.717) is 25.0 Å². The predicted octanol–water partition coefficient (Wildman–Crippen LogP) is 3.32. The molecule has 2 N–H and O–H groups in total. The monoisotopic (exact) mass is 376 g/mol. The van der Waals surface area contributed by atoms with E-state index in [1.54, 1.807) is 12.1 Å². The van der Waals surface area contributed by atoms with Crippen molar-refractivity contribution in [1.82, 2.24) is 10.3 Å². The molecule has 5 nitrogen and oxygen atoms in total. The van der Waals surface area contributed by atoms with E-state index in [0.717, 1.165) is 29.8 Å². The Bertz CT molecular complexity index is 782. The summed E-state index contributed by atoms with van der Waals surface area (Å²) in [6.07, 6.45) is 4.21. The quantitative estimate of drug-likeness (QED) is 0.811. The molecule has 1 amide bonds. The molecule has 7 heteroatoms. The van der Waals surface area contributed by atoms with Crippen LogP contribution in [-0.2, 0) is 22.4 Å². The molecule has 1 aromatic carbocycles. The second kappa shape index (κ2) is 7.95. The molecule has 3 rings (SSSR count). The Morgan fingerprint density at radius 2 is 1.88 bits per heavy atom. The molecule has 0 atom stereocenters. The van der Waals surface area contributed by atoms with Gasteiger partial charge in [-0.1, -0.05) is 31.4 Å². The summed E-state index contributed by atoms with van der Waals surface area (Å²) in [4.78, 5) is 28.4. The standard InChI is InChI=1S/C19H21FN2O3S/c20-14-6-4-13(5-7-14)10-17-21-15(12-26-17)11-16(23)22-19(18(24)25)8-2-1-3-9-19/h4-7,12H,1-3,8-11H2,(H,22,23)(H,24,25). The number of rotatable bonds is 6. The van der Waals surface area contributed by atoms with Gasteiger partial charge in [0.2, 0.25) is 5.91 Å². The Hall–Kier alpha value is -2.28. The van der Waals surface area contributed by atoms with Crippen LogP contribution in [0.25, 0.3) is 0 Å². The SMILES string of the molecule is O=C(Cc1csc(Cc2ccc(F)cc2)n1)NC1(C(=O)O)CCCCC1. The van der Waals surface area contributed by atoms with E-state index in [9.17, 15) is 19.1 Å². The Balaban J connectivity index is 1.60. The molecule has 1 saturated carbocycles. The van der Waals surface area contributed by atoms with Crippen LogP contribution in [0.3, 0.4) is 0 Å². The minimum atomic E-state index is -1.14. The van der Waals surface area contributed by atoms with Gasteiger partial charge in [-0.3, -0.25) is 4.79 Å². The molecule has 138 valence electrons. The molecule has 1 aliphatic carbocycles. The summed E-state index contributed by atoms with van der Waals surface area (Å²) < 4.78 is 13.0. The highest BCUT2D eigenvalue weighted by Crippen LogP contribution is 2.28. The zero-order valence-electron chi connectivity index (χ0n) is 14.3. The summed E-state index contributed by atoms with van der Waals surface area (Å²) in [5.74, 6) is -1.55. The zero-order chi connectivity index (χ0) is 18.6. The molecule has 1 aliphatic rings. The first-order chi connectivity index (χ1) is 12.5. The van der Waals surface area contributed by atoms with Crippen LogP contribution in [0.1, 0.15) is 48.4 Å². The second-order valence-electron chi connectivity index (χ2n) is 6.71. The van der Waals surface area contributed by atoms with Crippen LogP contribution in [0.5, 0.6) is 0 Å². The lowest BCUT2D eigenvalue weighted by Gasteiger charge is -2.33. The highest BCUT2D eigenvalue weighted by atomic mass is 32.1. The van der Waals surface area contributed by atoms with Crippen molar-refractivity contribution < 1.29 is 19.1 Å². The molecule has 0 spiro atoms. The summed E-state index contributed by atoms with van der Waals surface area (Å²) in [6.45, 7) is 0. The van der Waals surface area contributed by atoms with Crippen LogP contribution in [-0.4, -0.2) is 27.5 Å². The number of nitrogens with one attached hydrogen (secondary N) is 1. The average molecular weight is 376 g/mol. The van der Waals surface area contributed by atoms with Crippen molar-refractivity contribution in [1.29, 1.82) is 0 Å². The molecule has 0 aliphatic heterocycles. The van der Waals surface area contributed by atoms with E-state index < -0.39 is 11.5 Å². The van der Waals surface area contributed by atoms with Crippen LogP contribution in [0.15, 0.2) is 29.6 Å². The minimum absolute atomic E-state index is 0.0644. The van der Waals surface area contributed by atoms with Crippen molar-refractivity contribution in [2.75, 3.05) is 0 Å². The van der Waals surface area contributed by atoms with E-state index in [1.807, 2.05) is 5.38 Å². The van der Waals surface area contributed by atoms with Crippen LogP contribution in [0.2, 0.25) is 0 Å². The number of thiazole rings is 1. The number of hydrogen-bond acceptors (Lipinski definition) is 4. The van der Waals surface area contributed by atoms with E-state index in [2.05, 4.69) is 10.3 Å². The number of nitrogens with zero attached hydrogens (tertiary/aromatic N) is 1. The molecule has 0 saturated heterocycles. The van der Waals surface area contributed by atoms with Gasteiger partial charge in [-0.25, -0.2) is 14.2 Å². The Morgan fingerprint density at radius 3 is 2.54 bits per heavy atom. The fourth-order valence-corrected chi connectivity index (χ4v) is 4.14. The van der Waals surface area contributed by atoms with E-state index >= 15 is 0 Å². The Kier molecular flexibility index (Phi) is 5.66. The van der Waals surface area contributed by atoms with Crippen LogP contribution < -0.4 is 5.32 Å². The number of amides is 1. The maximum Gasteiger partial charge on any atom is 0.329 e. The Labute approximate surface area is 155 Å². The van der Waals surface area contributed by atoms with E-state index in [-0.39, 0.29) is 18.1 Å². The number of carboxylic acids is 1. The number of carbonyl (C=O) groups is 2. The fourth-order valence-electron chi connectivity index (χ4n) is 3.31. The van der Waals surface area contributed by atoms with Crippen LogP contribution in [0.4, 0.5) is 4.39 Å². The van der Waals surface area contributed by atoms with Gasteiger partial charge in [-0.15, -0.1) is 11.3 Å². The number of benzene rings is 1. The second-order valence-corrected chi connectivity index (χ2v) is 7.65. The molecule has 1 heterocycles. The van der Waals surface area contributed by atoms with Gasteiger partial charge in [0.25, 0.3) is 0 Å². The number of aliphatic carboxylic acids is 1. The third kappa shape index (κ3) is 4.46. The third-order valence-electron chi connectivity index (χ3n) is 4.70. The van der Waals surface area contributed by atoms with Crippen molar-refractivity contribution in [2.24, 2.45) is 0 Å². The highest BCUT2D eigenvalue weighted by molar-refractivity contribution is 7.09. The molecule has 0 unspecified atom stereocenters.